The van der Waals surface area contributed by atoms with Crippen LogP contribution in [0.1, 0.15) is 15.9 Å². The highest BCUT2D eigenvalue weighted by atomic mass is 79.9. The van der Waals surface area contributed by atoms with Crippen molar-refractivity contribution in [2.75, 3.05) is 7.05 Å². The van der Waals surface area contributed by atoms with Gasteiger partial charge in [0.15, 0.2) is 5.78 Å². The highest BCUT2D eigenvalue weighted by molar-refractivity contribution is 9.10. The highest BCUT2D eigenvalue weighted by Crippen LogP contribution is 2.16. The fraction of sp³-hybridized carbons (Fsp3) is 0.167. The van der Waals surface area contributed by atoms with Gasteiger partial charge in [-0.2, -0.15) is 0 Å². The molecule has 0 aliphatic heterocycles. The number of hydrogen-bond acceptors (Lipinski definition) is 2. The summed E-state index contributed by atoms with van der Waals surface area (Å²) in [7, 11) is 1.79. The molecular weight excluding hydrogens is 426 g/mol. The smallest absolute Gasteiger partial charge is 0.206 e. The number of benzene rings is 3. The number of hydrogen-bond donors (Lipinski definition) is 0. The van der Waals surface area contributed by atoms with E-state index in [-0.39, 0.29) is 12.3 Å². The molecular formula is C24H22BrN3O. The number of carbonyl (C=O) groups excluding carboxylic acids is 1. The molecule has 4 nitrogen and oxygen atoms in total. The monoisotopic (exact) mass is 447 g/mol. The number of aryl methyl sites for hydroxylation is 2. The highest BCUT2D eigenvalue weighted by Gasteiger charge is 2.15. The minimum atomic E-state index is 0.0679. The van der Waals surface area contributed by atoms with Crippen LogP contribution in [0.2, 0.25) is 0 Å². The van der Waals surface area contributed by atoms with Crippen molar-refractivity contribution < 1.29 is 4.79 Å². The summed E-state index contributed by atoms with van der Waals surface area (Å²) in [5.41, 5.74) is 4.90. The van der Waals surface area contributed by atoms with Crippen molar-refractivity contribution >= 4 is 32.7 Å². The van der Waals surface area contributed by atoms with Crippen LogP contribution in [0.3, 0.4) is 0 Å². The number of para-hydroxylation sites is 2. The van der Waals surface area contributed by atoms with E-state index in [9.17, 15) is 4.79 Å². The Morgan fingerprint density at radius 2 is 1.48 bits per heavy atom. The van der Waals surface area contributed by atoms with Crippen LogP contribution < -0.4 is 5.62 Å². The van der Waals surface area contributed by atoms with Gasteiger partial charge < -0.3 is 9.13 Å². The van der Waals surface area contributed by atoms with Gasteiger partial charge in [-0.05, 0) is 36.2 Å². The van der Waals surface area contributed by atoms with Crippen LogP contribution in [-0.4, -0.2) is 22.0 Å². The SMILES string of the molecule is CN=c1n(CCc2ccccc2)c2ccccc2n1CC(=O)c1ccc(Br)cc1. The second-order valence-corrected chi connectivity index (χ2v) is 7.83. The lowest BCUT2D eigenvalue weighted by Crippen LogP contribution is -2.29. The van der Waals surface area contributed by atoms with Crippen molar-refractivity contribution in [2.45, 2.75) is 19.5 Å². The second kappa shape index (κ2) is 8.62. The van der Waals surface area contributed by atoms with Gasteiger partial charge in [0.1, 0.15) is 0 Å². The molecule has 0 N–H and O–H groups in total. The number of fused-ring (bicyclic) bond motifs is 1. The Balaban J connectivity index is 1.72. The van der Waals surface area contributed by atoms with Crippen molar-refractivity contribution in [2.24, 2.45) is 4.99 Å². The standard InChI is InChI=1S/C24H22BrN3O/c1-26-24-27(16-15-18-7-3-2-4-8-18)21-9-5-6-10-22(21)28(24)17-23(29)19-11-13-20(25)14-12-19/h2-14H,15-17H2,1H3. The first kappa shape index (κ1) is 19.4. The van der Waals surface area contributed by atoms with Crippen LogP contribution >= 0.6 is 15.9 Å². The van der Waals surface area contributed by atoms with Crippen LogP contribution in [0.25, 0.3) is 11.0 Å². The lowest BCUT2D eigenvalue weighted by Gasteiger charge is -2.07. The van der Waals surface area contributed by atoms with Gasteiger partial charge in [-0.15, -0.1) is 0 Å². The molecule has 0 fully saturated rings. The van der Waals surface area contributed by atoms with Crippen molar-refractivity contribution in [3.05, 3.63) is 100 Å². The third-order valence-electron chi connectivity index (χ3n) is 5.08. The number of carbonyl (C=O) groups is 1. The van der Waals surface area contributed by atoms with Gasteiger partial charge in [0, 0.05) is 23.6 Å². The summed E-state index contributed by atoms with van der Waals surface area (Å²) < 4.78 is 5.19. The third-order valence-corrected chi connectivity index (χ3v) is 5.61. The Hall–Kier alpha value is -2.92. The molecule has 0 unspecified atom stereocenters. The van der Waals surface area contributed by atoms with Crippen molar-refractivity contribution in [3.63, 3.8) is 0 Å². The molecule has 0 radical (unpaired) electrons. The van der Waals surface area contributed by atoms with E-state index >= 15 is 0 Å². The summed E-state index contributed by atoms with van der Waals surface area (Å²) in [5, 5.41) is 0. The number of imidazole rings is 1. The molecule has 0 aliphatic rings. The molecule has 0 atom stereocenters. The number of rotatable bonds is 6. The van der Waals surface area contributed by atoms with Gasteiger partial charge >= 0.3 is 0 Å². The zero-order valence-corrected chi connectivity index (χ0v) is 17.8. The van der Waals surface area contributed by atoms with Gasteiger partial charge in [0.2, 0.25) is 5.62 Å². The van der Waals surface area contributed by atoms with Crippen LogP contribution in [0.5, 0.6) is 0 Å². The van der Waals surface area contributed by atoms with Crippen LogP contribution in [-0.2, 0) is 19.5 Å². The van der Waals surface area contributed by atoms with Gasteiger partial charge in [0.25, 0.3) is 0 Å². The largest absolute Gasteiger partial charge is 0.310 e. The molecule has 0 bridgehead atoms. The first-order valence-corrected chi connectivity index (χ1v) is 10.4. The van der Waals surface area contributed by atoms with Crippen LogP contribution in [0.4, 0.5) is 0 Å². The summed E-state index contributed by atoms with van der Waals surface area (Å²) >= 11 is 3.42. The lowest BCUT2D eigenvalue weighted by molar-refractivity contribution is 0.0971. The summed E-state index contributed by atoms with van der Waals surface area (Å²) in [4.78, 5) is 17.5. The van der Waals surface area contributed by atoms with E-state index in [4.69, 9.17) is 0 Å². The average Bonchev–Trinajstić information content (AvgIpc) is 3.06. The number of aromatic nitrogens is 2. The first-order valence-electron chi connectivity index (χ1n) is 9.61. The average molecular weight is 448 g/mol. The number of halogens is 1. The molecule has 1 heterocycles. The molecule has 4 aromatic rings. The molecule has 146 valence electrons. The Morgan fingerprint density at radius 1 is 0.862 bits per heavy atom. The number of Topliss-reactive ketones (excluding diaryl/α,β-unsaturated/α-hetero) is 1. The van der Waals surface area contributed by atoms with E-state index in [1.807, 2.05) is 47.0 Å². The lowest BCUT2D eigenvalue weighted by atomic mass is 10.1. The van der Waals surface area contributed by atoms with E-state index in [1.165, 1.54) is 5.56 Å². The second-order valence-electron chi connectivity index (χ2n) is 6.92. The maximum Gasteiger partial charge on any atom is 0.206 e. The molecule has 1 aromatic heterocycles. The maximum absolute atomic E-state index is 12.9. The minimum absolute atomic E-state index is 0.0679. The van der Waals surface area contributed by atoms with Crippen molar-refractivity contribution in [1.82, 2.24) is 9.13 Å². The van der Waals surface area contributed by atoms with Crippen LogP contribution in [0.15, 0.2) is 88.3 Å². The number of ketones is 1. The molecule has 0 saturated heterocycles. The summed E-state index contributed by atoms with van der Waals surface area (Å²) in [6, 6.07) is 26.1. The maximum atomic E-state index is 12.9. The predicted molar refractivity (Wildman–Crippen MR) is 120 cm³/mol. The Labute approximate surface area is 178 Å². The molecule has 0 spiro atoms. The molecule has 29 heavy (non-hydrogen) atoms. The Bertz CT molecular complexity index is 1200. The topological polar surface area (TPSA) is 39.3 Å². The normalized spacial score (nSPS) is 11.9. The molecule has 5 heteroatoms. The van der Waals surface area contributed by atoms with Crippen molar-refractivity contribution in [3.8, 4) is 0 Å². The quantitative estimate of drug-likeness (QED) is 0.389. The molecule has 0 amide bonds. The van der Waals surface area contributed by atoms with Gasteiger partial charge in [-0.3, -0.25) is 9.79 Å². The zero-order valence-electron chi connectivity index (χ0n) is 16.3. The van der Waals surface area contributed by atoms with Crippen molar-refractivity contribution in [1.29, 1.82) is 0 Å². The first-order chi connectivity index (χ1) is 14.2. The summed E-state index contributed by atoms with van der Waals surface area (Å²) in [6.45, 7) is 1.06. The van der Waals surface area contributed by atoms with Gasteiger partial charge in [0.05, 0.1) is 17.6 Å². The Kier molecular flexibility index (Phi) is 5.76. The molecule has 0 saturated carbocycles. The molecule has 0 aliphatic carbocycles. The van der Waals surface area contributed by atoms with Crippen LogP contribution in [0, 0.1) is 0 Å². The predicted octanol–water partition coefficient (Wildman–Crippen LogP) is 4.86. The Morgan fingerprint density at radius 3 is 2.14 bits per heavy atom. The van der Waals surface area contributed by atoms with E-state index in [0.717, 1.165) is 34.1 Å². The van der Waals surface area contributed by atoms with E-state index in [2.05, 4.69) is 61.9 Å². The van der Waals surface area contributed by atoms with E-state index in [0.29, 0.717) is 5.56 Å². The van der Waals surface area contributed by atoms with Gasteiger partial charge in [-0.1, -0.05) is 70.5 Å². The number of nitrogens with zero attached hydrogens (tertiary/aromatic N) is 3. The summed E-state index contributed by atoms with van der Waals surface area (Å²) in [5.74, 6) is 0.0679. The fourth-order valence-electron chi connectivity index (χ4n) is 3.66. The summed E-state index contributed by atoms with van der Waals surface area (Å²) in [6.07, 6.45) is 0.905. The molecule has 3 aromatic carbocycles. The fourth-order valence-corrected chi connectivity index (χ4v) is 3.92. The molecule has 4 rings (SSSR count). The van der Waals surface area contributed by atoms with E-state index in [1.54, 1.807) is 7.05 Å². The minimum Gasteiger partial charge on any atom is -0.310 e. The van der Waals surface area contributed by atoms with Gasteiger partial charge in [-0.25, -0.2) is 0 Å². The zero-order chi connectivity index (χ0) is 20.2. The third kappa shape index (κ3) is 4.10. The van der Waals surface area contributed by atoms with E-state index < -0.39 is 0 Å².